The number of aliphatic hydroxyl groups is 1. The third kappa shape index (κ3) is 1.54. The number of rotatable bonds is 2. The zero-order valence-corrected chi connectivity index (χ0v) is 9.42. The summed E-state index contributed by atoms with van der Waals surface area (Å²) in [6.07, 6.45) is 5.78. The van der Waals surface area contributed by atoms with Gasteiger partial charge in [0.15, 0.2) is 0 Å². The molecule has 0 spiro atoms. The van der Waals surface area contributed by atoms with Crippen molar-refractivity contribution >= 4 is 10.9 Å². The summed E-state index contributed by atoms with van der Waals surface area (Å²) in [5.74, 6) is 0. The Morgan fingerprint density at radius 2 is 2.06 bits per heavy atom. The van der Waals surface area contributed by atoms with E-state index in [2.05, 4.69) is 23.2 Å². The largest absolute Gasteiger partial charge is 0.396 e. The smallest absolute Gasteiger partial charge is 0.0471 e. The summed E-state index contributed by atoms with van der Waals surface area (Å²) in [5.41, 5.74) is 5.44. The normalized spacial score (nSPS) is 15.3. The van der Waals surface area contributed by atoms with E-state index in [0.717, 1.165) is 6.42 Å². The molecule has 2 heteroatoms. The van der Waals surface area contributed by atoms with Gasteiger partial charge in [0.1, 0.15) is 0 Å². The van der Waals surface area contributed by atoms with Crippen molar-refractivity contribution < 1.29 is 5.11 Å². The molecule has 1 aromatic heterocycles. The van der Waals surface area contributed by atoms with Crippen molar-refractivity contribution in [3.05, 3.63) is 35.0 Å². The SMILES string of the molecule is OCCc1ccc2[nH]c3c(c2c1)CCCC3. The third-order valence-electron chi connectivity index (χ3n) is 3.56. The standard InChI is InChI=1S/C14H17NO/c16-8-7-10-5-6-14-12(9-10)11-3-1-2-4-13(11)15-14/h5-6,9,15-16H,1-4,7-8H2. The molecule has 0 amide bonds. The predicted molar refractivity (Wildman–Crippen MR) is 65.7 cm³/mol. The highest BCUT2D eigenvalue weighted by atomic mass is 16.2. The van der Waals surface area contributed by atoms with Crippen molar-refractivity contribution in [2.75, 3.05) is 6.61 Å². The molecule has 0 unspecified atom stereocenters. The summed E-state index contributed by atoms with van der Waals surface area (Å²) >= 11 is 0. The van der Waals surface area contributed by atoms with Gasteiger partial charge in [-0.1, -0.05) is 6.07 Å². The van der Waals surface area contributed by atoms with E-state index in [1.54, 1.807) is 0 Å². The first-order valence-corrected chi connectivity index (χ1v) is 6.11. The van der Waals surface area contributed by atoms with Crippen molar-refractivity contribution in [2.45, 2.75) is 32.1 Å². The van der Waals surface area contributed by atoms with Gasteiger partial charge in [-0.3, -0.25) is 0 Å². The fourth-order valence-electron chi connectivity index (χ4n) is 2.74. The molecule has 1 aliphatic rings. The molecule has 0 bridgehead atoms. The highest BCUT2D eigenvalue weighted by molar-refractivity contribution is 5.85. The summed E-state index contributed by atoms with van der Waals surface area (Å²) in [7, 11) is 0. The van der Waals surface area contributed by atoms with E-state index in [9.17, 15) is 0 Å². The molecule has 0 radical (unpaired) electrons. The Morgan fingerprint density at radius 3 is 2.94 bits per heavy atom. The van der Waals surface area contributed by atoms with Gasteiger partial charge in [0.05, 0.1) is 0 Å². The molecular formula is C14H17NO. The van der Waals surface area contributed by atoms with Gasteiger partial charge >= 0.3 is 0 Å². The molecule has 0 aliphatic heterocycles. The summed E-state index contributed by atoms with van der Waals surface area (Å²) in [6.45, 7) is 0.234. The summed E-state index contributed by atoms with van der Waals surface area (Å²) < 4.78 is 0. The average molecular weight is 215 g/mol. The predicted octanol–water partition coefficient (Wildman–Crippen LogP) is 2.58. The van der Waals surface area contributed by atoms with Crippen LogP contribution in [0.4, 0.5) is 0 Å². The molecular weight excluding hydrogens is 198 g/mol. The van der Waals surface area contributed by atoms with E-state index < -0.39 is 0 Å². The Kier molecular flexibility index (Phi) is 2.44. The van der Waals surface area contributed by atoms with Gasteiger partial charge in [-0.25, -0.2) is 0 Å². The van der Waals surface area contributed by atoms with Crippen LogP contribution in [0.1, 0.15) is 29.7 Å². The van der Waals surface area contributed by atoms with E-state index >= 15 is 0 Å². The first kappa shape index (κ1) is 9.91. The maximum Gasteiger partial charge on any atom is 0.0471 e. The van der Waals surface area contributed by atoms with Crippen LogP contribution in [0.3, 0.4) is 0 Å². The van der Waals surface area contributed by atoms with Gasteiger partial charge in [-0.15, -0.1) is 0 Å². The number of hydrogen-bond acceptors (Lipinski definition) is 1. The van der Waals surface area contributed by atoms with Crippen LogP contribution in [-0.4, -0.2) is 16.7 Å². The number of H-pyrrole nitrogens is 1. The number of fused-ring (bicyclic) bond motifs is 3. The van der Waals surface area contributed by atoms with Crippen molar-refractivity contribution in [3.63, 3.8) is 0 Å². The third-order valence-corrected chi connectivity index (χ3v) is 3.56. The number of nitrogens with one attached hydrogen (secondary N) is 1. The lowest BCUT2D eigenvalue weighted by molar-refractivity contribution is 0.299. The van der Waals surface area contributed by atoms with Crippen LogP contribution in [0.15, 0.2) is 18.2 Å². The Hall–Kier alpha value is -1.28. The zero-order chi connectivity index (χ0) is 11.0. The van der Waals surface area contributed by atoms with E-state index in [-0.39, 0.29) is 6.61 Å². The van der Waals surface area contributed by atoms with Gasteiger partial charge in [0.2, 0.25) is 0 Å². The Balaban J connectivity index is 2.13. The van der Waals surface area contributed by atoms with E-state index in [1.807, 2.05) is 0 Å². The van der Waals surface area contributed by atoms with Crippen LogP contribution >= 0.6 is 0 Å². The Labute approximate surface area is 95.3 Å². The zero-order valence-electron chi connectivity index (χ0n) is 9.42. The summed E-state index contributed by atoms with van der Waals surface area (Å²) in [4.78, 5) is 3.52. The lowest BCUT2D eigenvalue weighted by Crippen LogP contribution is -2.00. The molecule has 16 heavy (non-hydrogen) atoms. The second-order valence-electron chi connectivity index (χ2n) is 4.64. The molecule has 1 aromatic carbocycles. The number of aromatic amines is 1. The van der Waals surface area contributed by atoms with Gasteiger partial charge in [-0.2, -0.15) is 0 Å². The molecule has 84 valence electrons. The van der Waals surface area contributed by atoms with Crippen molar-refractivity contribution in [1.29, 1.82) is 0 Å². The van der Waals surface area contributed by atoms with Crippen molar-refractivity contribution in [2.24, 2.45) is 0 Å². The van der Waals surface area contributed by atoms with Crippen LogP contribution in [0.5, 0.6) is 0 Å². The molecule has 2 nitrogen and oxygen atoms in total. The van der Waals surface area contributed by atoms with E-state index in [1.165, 1.54) is 53.4 Å². The molecule has 1 aliphatic carbocycles. The fraction of sp³-hybridized carbons (Fsp3) is 0.429. The topological polar surface area (TPSA) is 36.0 Å². The number of aliphatic hydroxyl groups excluding tert-OH is 1. The second-order valence-corrected chi connectivity index (χ2v) is 4.64. The number of benzene rings is 1. The Morgan fingerprint density at radius 1 is 1.19 bits per heavy atom. The van der Waals surface area contributed by atoms with Gasteiger partial charge in [-0.05, 0) is 55.4 Å². The number of hydrogen-bond donors (Lipinski definition) is 2. The molecule has 0 saturated carbocycles. The average Bonchev–Trinajstić information content (AvgIpc) is 2.68. The maximum atomic E-state index is 8.97. The molecule has 2 N–H and O–H groups in total. The maximum absolute atomic E-state index is 8.97. The summed E-state index contributed by atoms with van der Waals surface area (Å²) in [5, 5.41) is 10.3. The molecule has 1 heterocycles. The molecule has 2 aromatic rings. The van der Waals surface area contributed by atoms with Crippen molar-refractivity contribution in [1.82, 2.24) is 4.98 Å². The quantitative estimate of drug-likeness (QED) is 0.793. The van der Waals surface area contributed by atoms with E-state index in [4.69, 9.17) is 5.11 Å². The minimum atomic E-state index is 0.234. The van der Waals surface area contributed by atoms with Crippen LogP contribution < -0.4 is 0 Å². The Bertz CT molecular complexity index is 513. The van der Waals surface area contributed by atoms with Crippen LogP contribution in [0.25, 0.3) is 10.9 Å². The minimum absolute atomic E-state index is 0.234. The van der Waals surface area contributed by atoms with Gasteiger partial charge in [0, 0.05) is 23.2 Å². The second kappa shape index (κ2) is 3.95. The molecule has 3 rings (SSSR count). The van der Waals surface area contributed by atoms with Crippen molar-refractivity contribution in [3.8, 4) is 0 Å². The minimum Gasteiger partial charge on any atom is -0.396 e. The van der Waals surface area contributed by atoms with Crippen LogP contribution in [0.2, 0.25) is 0 Å². The lowest BCUT2D eigenvalue weighted by Gasteiger charge is -2.10. The lowest BCUT2D eigenvalue weighted by atomic mass is 9.95. The van der Waals surface area contributed by atoms with Crippen LogP contribution in [0, 0.1) is 0 Å². The first-order valence-electron chi connectivity index (χ1n) is 6.11. The highest BCUT2D eigenvalue weighted by Crippen LogP contribution is 2.29. The van der Waals surface area contributed by atoms with Gasteiger partial charge < -0.3 is 10.1 Å². The summed E-state index contributed by atoms with van der Waals surface area (Å²) in [6, 6.07) is 6.51. The fourth-order valence-corrected chi connectivity index (χ4v) is 2.74. The number of aromatic nitrogens is 1. The van der Waals surface area contributed by atoms with Crippen LogP contribution in [-0.2, 0) is 19.3 Å². The number of aryl methyl sites for hydroxylation is 2. The highest BCUT2D eigenvalue weighted by Gasteiger charge is 2.15. The molecule has 0 fully saturated rings. The van der Waals surface area contributed by atoms with Gasteiger partial charge in [0.25, 0.3) is 0 Å². The first-order chi connectivity index (χ1) is 7.88. The molecule has 0 saturated heterocycles. The molecule has 0 atom stereocenters. The monoisotopic (exact) mass is 215 g/mol. The van der Waals surface area contributed by atoms with E-state index in [0.29, 0.717) is 0 Å².